The largest absolute Gasteiger partial charge is 0.229 e. The van der Waals surface area contributed by atoms with E-state index >= 15 is 0 Å². The summed E-state index contributed by atoms with van der Waals surface area (Å²) in [6.07, 6.45) is 3.14. The average molecular weight is 352 g/mol. The van der Waals surface area contributed by atoms with Crippen LogP contribution in [0.25, 0.3) is 11.1 Å². The van der Waals surface area contributed by atoms with Gasteiger partial charge >= 0.3 is 0 Å². The molecule has 3 rings (SSSR count). The molecular formula is C21H15F3N2. The lowest BCUT2D eigenvalue weighted by Gasteiger charge is -2.06. The number of nitrogens with zero attached hydrogens (tertiary/aromatic N) is 2. The quantitative estimate of drug-likeness (QED) is 0.617. The Kier molecular flexibility index (Phi) is 5.04. The summed E-state index contributed by atoms with van der Waals surface area (Å²) < 4.78 is 41.9. The van der Waals surface area contributed by atoms with Gasteiger partial charge in [0.2, 0.25) is 5.82 Å². The van der Waals surface area contributed by atoms with Crippen LogP contribution in [0.4, 0.5) is 13.2 Å². The maximum atomic E-state index is 14.2. The van der Waals surface area contributed by atoms with Gasteiger partial charge in [-0.3, -0.25) is 0 Å². The van der Waals surface area contributed by atoms with E-state index in [9.17, 15) is 13.2 Å². The second-order valence-electron chi connectivity index (χ2n) is 5.78. The Labute approximate surface area is 149 Å². The standard InChI is InChI=1S/C21H15F3N2/c1-3-14-6-8-17(21(24)20(14)23)16-11-25-19(26-12-16)9-7-15-5-4-13(2)10-18(15)22/h4-6,8,10-12H,3H2,1-2H3. The normalized spacial score (nSPS) is 10.3. The van der Waals surface area contributed by atoms with E-state index in [0.717, 1.165) is 5.56 Å². The van der Waals surface area contributed by atoms with Gasteiger partial charge in [0.1, 0.15) is 5.82 Å². The SMILES string of the molecule is CCc1ccc(-c2cnc(C#Cc3ccc(C)cc3F)nc2)c(F)c1F. The van der Waals surface area contributed by atoms with Crippen LogP contribution in [0.2, 0.25) is 0 Å². The number of hydrogen-bond acceptors (Lipinski definition) is 2. The minimum absolute atomic E-state index is 0.0868. The van der Waals surface area contributed by atoms with E-state index in [-0.39, 0.29) is 17.0 Å². The first-order valence-electron chi connectivity index (χ1n) is 8.07. The zero-order valence-electron chi connectivity index (χ0n) is 14.3. The van der Waals surface area contributed by atoms with Gasteiger partial charge in [-0.25, -0.2) is 23.1 Å². The van der Waals surface area contributed by atoms with Crippen molar-refractivity contribution < 1.29 is 13.2 Å². The summed E-state index contributed by atoms with van der Waals surface area (Å²) in [5.74, 6) is 3.30. The Bertz CT molecular complexity index is 1020. The van der Waals surface area contributed by atoms with E-state index in [1.165, 1.54) is 24.5 Å². The fraction of sp³-hybridized carbons (Fsp3) is 0.143. The summed E-state index contributed by atoms with van der Waals surface area (Å²) in [6, 6.07) is 7.78. The molecule has 0 aliphatic heterocycles. The van der Waals surface area contributed by atoms with E-state index in [2.05, 4.69) is 21.8 Å². The molecule has 26 heavy (non-hydrogen) atoms. The first-order chi connectivity index (χ1) is 12.5. The molecule has 1 heterocycles. The van der Waals surface area contributed by atoms with Gasteiger partial charge in [-0.2, -0.15) is 0 Å². The van der Waals surface area contributed by atoms with Crippen molar-refractivity contribution in [2.24, 2.45) is 0 Å². The van der Waals surface area contributed by atoms with Gasteiger partial charge in [-0.1, -0.05) is 31.0 Å². The number of aryl methyl sites for hydroxylation is 2. The fourth-order valence-electron chi connectivity index (χ4n) is 2.46. The summed E-state index contributed by atoms with van der Waals surface area (Å²) in [7, 11) is 0. The van der Waals surface area contributed by atoms with Crippen LogP contribution in [-0.4, -0.2) is 9.97 Å². The van der Waals surface area contributed by atoms with Crippen molar-refractivity contribution in [3.05, 3.63) is 82.7 Å². The maximum absolute atomic E-state index is 14.2. The number of halogens is 3. The van der Waals surface area contributed by atoms with Crippen LogP contribution in [0, 0.1) is 36.2 Å². The molecule has 0 aliphatic carbocycles. The Morgan fingerprint density at radius 1 is 0.923 bits per heavy atom. The van der Waals surface area contributed by atoms with Gasteiger partial charge in [-0.05, 0) is 42.5 Å². The van der Waals surface area contributed by atoms with Crippen molar-refractivity contribution in [3.8, 4) is 23.0 Å². The van der Waals surface area contributed by atoms with Gasteiger partial charge in [0.05, 0.1) is 5.56 Å². The molecule has 0 atom stereocenters. The second-order valence-corrected chi connectivity index (χ2v) is 5.78. The lowest BCUT2D eigenvalue weighted by molar-refractivity contribution is 0.502. The summed E-state index contributed by atoms with van der Waals surface area (Å²) in [4.78, 5) is 8.07. The average Bonchev–Trinajstić information content (AvgIpc) is 2.64. The minimum atomic E-state index is -0.923. The highest BCUT2D eigenvalue weighted by atomic mass is 19.2. The lowest BCUT2D eigenvalue weighted by atomic mass is 10.0. The molecule has 0 fully saturated rings. The van der Waals surface area contributed by atoms with Crippen LogP contribution >= 0.6 is 0 Å². The van der Waals surface area contributed by atoms with Gasteiger partial charge < -0.3 is 0 Å². The second kappa shape index (κ2) is 7.40. The van der Waals surface area contributed by atoms with Crippen LogP contribution in [-0.2, 0) is 6.42 Å². The molecule has 0 bridgehead atoms. The smallest absolute Gasteiger partial charge is 0.205 e. The third kappa shape index (κ3) is 3.60. The van der Waals surface area contributed by atoms with Crippen LogP contribution in [0.5, 0.6) is 0 Å². The van der Waals surface area contributed by atoms with Gasteiger partial charge in [-0.15, -0.1) is 0 Å². The molecule has 0 radical (unpaired) electrons. The zero-order chi connectivity index (χ0) is 18.7. The highest BCUT2D eigenvalue weighted by Crippen LogP contribution is 2.25. The zero-order valence-corrected chi connectivity index (χ0v) is 14.3. The van der Waals surface area contributed by atoms with E-state index in [1.54, 1.807) is 32.0 Å². The summed E-state index contributed by atoms with van der Waals surface area (Å²) >= 11 is 0. The molecular weight excluding hydrogens is 337 g/mol. The number of aromatic nitrogens is 2. The van der Waals surface area contributed by atoms with E-state index in [4.69, 9.17) is 0 Å². The first kappa shape index (κ1) is 17.7. The van der Waals surface area contributed by atoms with Crippen molar-refractivity contribution in [1.29, 1.82) is 0 Å². The summed E-state index contributed by atoms with van der Waals surface area (Å²) in [5.41, 5.74) is 1.79. The first-order valence-corrected chi connectivity index (χ1v) is 8.07. The Balaban J connectivity index is 1.88. The molecule has 5 heteroatoms. The van der Waals surface area contributed by atoms with E-state index in [1.807, 2.05) is 0 Å². The van der Waals surface area contributed by atoms with Crippen LogP contribution < -0.4 is 0 Å². The highest BCUT2D eigenvalue weighted by Gasteiger charge is 2.14. The van der Waals surface area contributed by atoms with Crippen molar-refractivity contribution in [1.82, 2.24) is 9.97 Å². The van der Waals surface area contributed by atoms with Crippen LogP contribution in [0.15, 0.2) is 42.7 Å². The van der Waals surface area contributed by atoms with Crippen LogP contribution in [0.1, 0.15) is 29.4 Å². The molecule has 130 valence electrons. The van der Waals surface area contributed by atoms with E-state index in [0.29, 0.717) is 17.5 Å². The molecule has 1 aromatic heterocycles. The lowest BCUT2D eigenvalue weighted by Crippen LogP contribution is -1.97. The van der Waals surface area contributed by atoms with Crippen molar-refractivity contribution in [2.45, 2.75) is 20.3 Å². The number of rotatable bonds is 2. The van der Waals surface area contributed by atoms with Gasteiger partial charge in [0.25, 0.3) is 0 Å². The number of benzene rings is 2. The van der Waals surface area contributed by atoms with Crippen LogP contribution in [0.3, 0.4) is 0 Å². The Hall–Kier alpha value is -3.13. The summed E-state index contributed by atoms with van der Waals surface area (Å²) in [6.45, 7) is 3.54. The van der Waals surface area contributed by atoms with Crippen molar-refractivity contribution >= 4 is 0 Å². The van der Waals surface area contributed by atoms with Gasteiger partial charge in [0.15, 0.2) is 11.6 Å². The predicted octanol–water partition coefficient (Wildman–Crippen LogP) is 4.83. The molecule has 0 saturated carbocycles. The third-order valence-corrected chi connectivity index (χ3v) is 3.94. The molecule has 3 aromatic rings. The monoisotopic (exact) mass is 352 g/mol. The maximum Gasteiger partial charge on any atom is 0.205 e. The van der Waals surface area contributed by atoms with Crippen molar-refractivity contribution in [3.63, 3.8) is 0 Å². The molecule has 2 aromatic carbocycles. The molecule has 0 saturated heterocycles. The Morgan fingerprint density at radius 2 is 1.65 bits per heavy atom. The fourth-order valence-corrected chi connectivity index (χ4v) is 2.46. The summed E-state index contributed by atoms with van der Waals surface area (Å²) in [5, 5.41) is 0. The molecule has 0 unspecified atom stereocenters. The minimum Gasteiger partial charge on any atom is -0.229 e. The molecule has 0 aliphatic rings. The predicted molar refractivity (Wildman–Crippen MR) is 93.9 cm³/mol. The van der Waals surface area contributed by atoms with Crippen molar-refractivity contribution in [2.75, 3.05) is 0 Å². The molecule has 0 spiro atoms. The Morgan fingerprint density at radius 3 is 2.31 bits per heavy atom. The van der Waals surface area contributed by atoms with Gasteiger partial charge in [0, 0.05) is 23.5 Å². The highest BCUT2D eigenvalue weighted by molar-refractivity contribution is 5.63. The molecule has 2 nitrogen and oxygen atoms in total. The number of hydrogen-bond donors (Lipinski definition) is 0. The topological polar surface area (TPSA) is 25.8 Å². The van der Waals surface area contributed by atoms with E-state index < -0.39 is 17.5 Å². The third-order valence-electron chi connectivity index (χ3n) is 3.94. The molecule has 0 amide bonds. The molecule has 0 N–H and O–H groups in total.